The third kappa shape index (κ3) is 3.17. The molecule has 0 saturated heterocycles. The molecule has 0 unspecified atom stereocenters. The summed E-state index contributed by atoms with van der Waals surface area (Å²) in [5.74, 6) is 0. The molecule has 0 spiro atoms. The molecule has 1 nitrogen and oxygen atoms in total. The Bertz CT molecular complexity index is 841. The Morgan fingerprint density at radius 1 is 0.783 bits per heavy atom. The minimum Gasteiger partial charge on any atom is -0.192 e. The van der Waals surface area contributed by atoms with Gasteiger partial charge in [-0.1, -0.05) is 80.1 Å². The summed E-state index contributed by atoms with van der Waals surface area (Å²) >= 11 is 0. The molecule has 0 atom stereocenters. The maximum Gasteiger partial charge on any atom is 0.0998 e. The number of hydrogen-bond donors (Lipinski definition) is 0. The van der Waals surface area contributed by atoms with Crippen LogP contribution in [0, 0.1) is 11.3 Å². The molecule has 0 aliphatic rings. The second kappa shape index (κ2) is 6.94. The molecule has 1 heteroatoms. The van der Waals surface area contributed by atoms with Crippen molar-refractivity contribution in [2.75, 3.05) is 0 Å². The number of benzene rings is 3. The third-order valence-corrected chi connectivity index (χ3v) is 4.05. The Labute approximate surface area is 137 Å². The number of nitriles is 1. The fourth-order valence-corrected chi connectivity index (χ4v) is 2.94. The molecular formula is C22H19N. The van der Waals surface area contributed by atoms with Gasteiger partial charge in [0.05, 0.1) is 11.6 Å². The number of rotatable bonds is 4. The summed E-state index contributed by atoms with van der Waals surface area (Å²) in [5.41, 5.74) is 6.55. The van der Waals surface area contributed by atoms with Crippen molar-refractivity contribution in [3.05, 3.63) is 83.9 Å². The molecule has 3 aromatic rings. The van der Waals surface area contributed by atoms with E-state index < -0.39 is 0 Å². The molecule has 0 radical (unpaired) electrons. The monoisotopic (exact) mass is 297 g/mol. The van der Waals surface area contributed by atoms with Crippen molar-refractivity contribution < 1.29 is 0 Å². The smallest absolute Gasteiger partial charge is 0.0998 e. The summed E-state index contributed by atoms with van der Waals surface area (Å²) in [6, 6.07) is 27.1. The minimum absolute atomic E-state index is 0.716. The Kier molecular flexibility index (Phi) is 4.54. The highest BCUT2D eigenvalue weighted by atomic mass is 14.2. The first-order valence-corrected chi connectivity index (χ1v) is 8.01. The van der Waals surface area contributed by atoms with E-state index in [9.17, 15) is 5.26 Å². The normalized spacial score (nSPS) is 10.3. The lowest BCUT2D eigenvalue weighted by Crippen LogP contribution is -1.92. The van der Waals surface area contributed by atoms with E-state index in [4.69, 9.17) is 0 Å². The second-order valence-electron chi connectivity index (χ2n) is 5.65. The van der Waals surface area contributed by atoms with Crippen molar-refractivity contribution in [3.63, 3.8) is 0 Å². The summed E-state index contributed by atoms with van der Waals surface area (Å²) in [6.45, 7) is 2.20. The van der Waals surface area contributed by atoms with Gasteiger partial charge < -0.3 is 0 Å². The summed E-state index contributed by atoms with van der Waals surface area (Å²) in [7, 11) is 0. The fourth-order valence-electron chi connectivity index (χ4n) is 2.94. The largest absolute Gasteiger partial charge is 0.192 e. The first-order chi connectivity index (χ1) is 11.3. The molecule has 0 heterocycles. The lowest BCUT2D eigenvalue weighted by Gasteiger charge is -2.13. The Morgan fingerprint density at radius 3 is 2.26 bits per heavy atom. The summed E-state index contributed by atoms with van der Waals surface area (Å²) in [6.07, 6.45) is 2.20. The van der Waals surface area contributed by atoms with E-state index in [1.165, 1.54) is 16.7 Å². The van der Waals surface area contributed by atoms with Gasteiger partial charge in [-0.25, -0.2) is 0 Å². The van der Waals surface area contributed by atoms with E-state index in [-0.39, 0.29) is 0 Å². The van der Waals surface area contributed by atoms with Gasteiger partial charge in [0.25, 0.3) is 0 Å². The Morgan fingerprint density at radius 2 is 1.52 bits per heavy atom. The van der Waals surface area contributed by atoms with Gasteiger partial charge in [0, 0.05) is 5.56 Å². The first kappa shape index (κ1) is 15.1. The second-order valence-corrected chi connectivity index (χ2v) is 5.65. The minimum atomic E-state index is 0.716. The highest BCUT2D eigenvalue weighted by Gasteiger charge is 2.11. The molecule has 0 amide bonds. The van der Waals surface area contributed by atoms with Crippen LogP contribution in [0.25, 0.3) is 22.3 Å². The number of nitrogens with zero attached hydrogens (tertiary/aromatic N) is 1. The fraction of sp³-hybridized carbons (Fsp3) is 0.136. The van der Waals surface area contributed by atoms with Crippen LogP contribution in [0.1, 0.15) is 24.5 Å². The van der Waals surface area contributed by atoms with Crippen molar-refractivity contribution in [2.24, 2.45) is 0 Å². The van der Waals surface area contributed by atoms with Crippen LogP contribution >= 0.6 is 0 Å². The van der Waals surface area contributed by atoms with E-state index in [2.05, 4.69) is 55.5 Å². The Hall–Kier alpha value is -2.85. The zero-order chi connectivity index (χ0) is 16.1. The average Bonchev–Trinajstić information content (AvgIpc) is 2.63. The maximum absolute atomic E-state index is 9.43. The Balaban J connectivity index is 2.23. The van der Waals surface area contributed by atoms with Gasteiger partial charge in [-0.15, -0.1) is 0 Å². The number of hydrogen-bond acceptors (Lipinski definition) is 1. The molecule has 0 aromatic heterocycles. The molecule has 0 fully saturated rings. The van der Waals surface area contributed by atoms with Crippen molar-refractivity contribution in [1.82, 2.24) is 0 Å². The van der Waals surface area contributed by atoms with E-state index in [1.807, 2.05) is 30.3 Å². The van der Waals surface area contributed by atoms with E-state index in [1.54, 1.807) is 0 Å². The van der Waals surface area contributed by atoms with Gasteiger partial charge in [-0.2, -0.15) is 5.26 Å². The molecule has 0 bridgehead atoms. The van der Waals surface area contributed by atoms with Gasteiger partial charge in [0.1, 0.15) is 0 Å². The summed E-state index contributed by atoms with van der Waals surface area (Å²) in [4.78, 5) is 0. The van der Waals surface area contributed by atoms with E-state index >= 15 is 0 Å². The van der Waals surface area contributed by atoms with Crippen molar-refractivity contribution in [1.29, 1.82) is 5.26 Å². The van der Waals surface area contributed by atoms with E-state index in [0.29, 0.717) is 5.56 Å². The predicted octanol–water partition coefficient (Wildman–Crippen LogP) is 5.84. The van der Waals surface area contributed by atoms with Crippen LogP contribution in [0.5, 0.6) is 0 Å². The first-order valence-electron chi connectivity index (χ1n) is 8.01. The molecular weight excluding hydrogens is 278 g/mol. The van der Waals surface area contributed by atoms with Crippen molar-refractivity contribution in [2.45, 2.75) is 19.8 Å². The van der Waals surface area contributed by atoms with Gasteiger partial charge in [0.2, 0.25) is 0 Å². The zero-order valence-corrected chi connectivity index (χ0v) is 13.3. The molecule has 3 aromatic carbocycles. The molecule has 0 aliphatic heterocycles. The molecule has 0 aliphatic carbocycles. The van der Waals surface area contributed by atoms with E-state index in [0.717, 1.165) is 24.0 Å². The highest BCUT2D eigenvalue weighted by Crippen LogP contribution is 2.34. The lowest BCUT2D eigenvalue weighted by atomic mass is 9.90. The SMILES string of the molecule is CCCc1ccc(-c2ccccc2C#N)c(-c2ccccc2)c1. The topological polar surface area (TPSA) is 23.8 Å². The van der Waals surface area contributed by atoms with Gasteiger partial charge in [-0.05, 0) is 34.7 Å². The average molecular weight is 297 g/mol. The van der Waals surface area contributed by atoms with Crippen molar-refractivity contribution >= 4 is 0 Å². The number of aryl methyl sites for hydroxylation is 1. The van der Waals surface area contributed by atoms with Crippen LogP contribution in [0.3, 0.4) is 0 Å². The molecule has 23 heavy (non-hydrogen) atoms. The maximum atomic E-state index is 9.43. The van der Waals surface area contributed by atoms with Crippen LogP contribution in [-0.2, 0) is 6.42 Å². The van der Waals surface area contributed by atoms with Crippen molar-refractivity contribution in [3.8, 4) is 28.3 Å². The van der Waals surface area contributed by atoms with Crippen LogP contribution in [0.2, 0.25) is 0 Å². The van der Waals surface area contributed by atoms with Gasteiger partial charge in [-0.3, -0.25) is 0 Å². The molecule has 112 valence electrons. The quantitative estimate of drug-likeness (QED) is 0.593. The lowest BCUT2D eigenvalue weighted by molar-refractivity contribution is 0.922. The van der Waals surface area contributed by atoms with Crippen LogP contribution < -0.4 is 0 Å². The van der Waals surface area contributed by atoms with Crippen LogP contribution in [-0.4, -0.2) is 0 Å². The van der Waals surface area contributed by atoms with Gasteiger partial charge in [0.15, 0.2) is 0 Å². The standard InChI is InChI=1S/C22H19N/c1-2-8-17-13-14-21(20-12-7-6-11-19(20)16-23)22(15-17)18-9-4-3-5-10-18/h3-7,9-15H,2,8H2,1H3. The van der Waals surface area contributed by atoms with Crippen LogP contribution in [0.4, 0.5) is 0 Å². The molecule has 3 rings (SSSR count). The third-order valence-electron chi connectivity index (χ3n) is 4.05. The van der Waals surface area contributed by atoms with Gasteiger partial charge >= 0.3 is 0 Å². The van der Waals surface area contributed by atoms with Crippen LogP contribution in [0.15, 0.2) is 72.8 Å². The predicted molar refractivity (Wildman–Crippen MR) is 96.0 cm³/mol. The highest BCUT2D eigenvalue weighted by molar-refractivity contribution is 5.86. The molecule has 0 N–H and O–H groups in total. The zero-order valence-electron chi connectivity index (χ0n) is 13.3. The summed E-state index contributed by atoms with van der Waals surface area (Å²) < 4.78 is 0. The summed E-state index contributed by atoms with van der Waals surface area (Å²) in [5, 5.41) is 9.43. The molecule has 0 saturated carbocycles.